The first-order chi connectivity index (χ1) is 9.42. The maximum absolute atomic E-state index is 12.7. The minimum Gasteiger partial charge on any atom is -0.316 e. The Morgan fingerprint density at radius 3 is 2.70 bits per heavy atom. The Bertz CT molecular complexity index is 553. The molecule has 1 N–H and O–H groups in total. The Hall–Kier alpha value is -0.870. The van der Waals surface area contributed by atoms with Gasteiger partial charge in [-0.1, -0.05) is 36.8 Å². The van der Waals surface area contributed by atoms with Gasteiger partial charge in [0.25, 0.3) is 0 Å². The molecule has 1 fully saturated rings. The quantitative estimate of drug-likeness (QED) is 0.929. The van der Waals surface area contributed by atoms with Gasteiger partial charge in [-0.2, -0.15) is 0 Å². The molecular weight excluding hydrogens is 270 g/mol. The number of nitrogens with one attached hydrogen (secondary N) is 1. The molecule has 4 heteroatoms. The lowest BCUT2D eigenvalue weighted by Gasteiger charge is -2.34. The topological polar surface area (TPSA) is 46.2 Å². The van der Waals surface area contributed by atoms with Crippen molar-refractivity contribution in [2.75, 3.05) is 7.05 Å². The Morgan fingerprint density at radius 2 is 2.05 bits per heavy atom. The second-order valence-electron chi connectivity index (χ2n) is 6.15. The van der Waals surface area contributed by atoms with E-state index in [1.165, 1.54) is 0 Å². The van der Waals surface area contributed by atoms with Crippen molar-refractivity contribution in [3.8, 4) is 0 Å². The van der Waals surface area contributed by atoms with Crippen LogP contribution in [0.1, 0.15) is 37.3 Å². The Balaban J connectivity index is 2.20. The van der Waals surface area contributed by atoms with Gasteiger partial charge >= 0.3 is 0 Å². The molecule has 0 radical (unpaired) electrons. The molecule has 0 amide bonds. The summed E-state index contributed by atoms with van der Waals surface area (Å²) in [5.74, 6) is 0.654. The van der Waals surface area contributed by atoms with Crippen LogP contribution in [0.3, 0.4) is 0 Å². The molecule has 0 bridgehead atoms. The van der Waals surface area contributed by atoms with Gasteiger partial charge < -0.3 is 5.32 Å². The minimum atomic E-state index is -3.11. The summed E-state index contributed by atoms with van der Waals surface area (Å²) < 4.78 is 25.5. The van der Waals surface area contributed by atoms with Crippen LogP contribution < -0.4 is 5.32 Å². The third-order valence-corrected chi connectivity index (χ3v) is 6.52. The summed E-state index contributed by atoms with van der Waals surface area (Å²) in [7, 11) is -1.24. The standard InChI is InChI=1S/C16H25NO2S/c1-12-5-4-6-14(9-12)11-20(18,19)16-10-13(2)7-8-15(16)17-3/h4-6,9,13,15-17H,7-8,10-11H2,1-3H3. The minimum absolute atomic E-state index is 0.0982. The van der Waals surface area contributed by atoms with Gasteiger partial charge in [0.1, 0.15) is 0 Å². The van der Waals surface area contributed by atoms with Gasteiger partial charge in [0.05, 0.1) is 11.0 Å². The lowest BCUT2D eigenvalue weighted by molar-refractivity contribution is 0.319. The second-order valence-corrected chi connectivity index (χ2v) is 8.37. The van der Waals surface area contributed by atoms with Crippen LogP contribution in [0.5, 0.6) is 0 Å². The molecule has 2 rings (SSSR count). The lowest BCUT2D eigenvalue weighted by Crippen LogP contribution is -2.46. The van der Waals surface area contributed by atoms with E-state index in [1.54, 1.807) is 0 Å². The highest BCUT2D eigenvalue weighted by Gasteiger charge is 2.36. The highest BCUT2D eigenvalue weighted by atomic mass is 32.2. The maximum atomic E-state index is 12.7. The second kappa shape index (κ2) is 6.27. The first kappa shape index (κ1) is 15.5. The molecule has 3 atom stereocenters. The predicted molar refractivity (Wildman–Crippen MR) is 83.5 cm³/mol. The van der Waals surface area contributed by atoms with Crippen molar-refractivity contribution in [2.45, 2.75) is 50.2 Å². The smallest absolute Gasteiger partial charge is 0.158 e. The summed E-state index contributed by atoms with van der Waals surface area (Å²) in [5.41, 5.74) is 2.01. The van der Waals surface area contributed by atoms with Crippen LogP contribution in [0, 0.1) is 12.8 Å². The summed E-state index contributed by atoms with van der Waals surface area (Å²) >= 11 is 0. The largest absolute Gasteiger partial charge is 0.316 e. The number of hydrogen-bond donors (Lipinski definition) is 1. The van der Waals surface area contributed by atoms with E-state index in [2.05, 4.69) is 12.2 Å². The van der Waals surface area contributed by atoms with Crippen molar-refractivity contribution >= 4 is 9.84 Å². The van der Waals surface area contributed by atoms with Crippen LogP contribution in [0.4, 0.5) is 0 Å². The molecule has 0 heterocycles. The van der Waals surface area contributed by atoms with Crippen molar-refractivity contribution in [3.05, 3.63) is 35.4 Å². The monoisotopic (exact) mass is 295 g/mol. The molecule has 0 saturated heterocycles. The van der Waals surface area contributed by atoms with Gasteiger partial charge in [0.2, 0.25) is 0 Å². The fourth-order valence-electron chi connectivity index (χ4n) is 3.20. The van der Waals surface area contributed by atoms with E-state index in [1.807, 2.05) is 38.2 Å². The number of sulfone groups is 1. The Kier molecular flexibility index (Phi) is 4.86. The zero-order chi connectivity index (χ0) is 14.8. The zero-order valence-corrected chi connectivity index (χ0v) is 13.4. The molecule has 1 aliphatic rings. The molecule has 3 nitrogen and oxygen atoms in total. The number of benzene rings is 1. The van der Waals surface area contributed by atoms with Gasteiger partial charge in [-0.15, -0.1) is 0 Å². The van der Waals surface area contributed by atoms with E-state index in [0.717, 1.165) is 30.4 Å². The molecule has 20 heavy (non-hydrogen) atoms. The fraction of sp³-hybridized carbons (Fsp3) is 0.625. The van der Waals surface area contributed by atoms with Gasteiger partial charge in [0.15, 0.2) is 9.84 Å². The first-order valence-corrected chi connectivity index (χ1v) is 9.08. The lowest BCUT2D eigenvalue weighted by atomic mass is 9.87. The predicted octanol–water partition coefficient (Wildman–Crippen LogP) is 2.69. The van der Waals surface area contributed by atoms with Crippen LogP contribution in [0.25, 0.3) is 0 Å². The van der Waals surface area contributed by atoms with E-state index in [-0.39, 0.29) is 17.0 Å². The summed E-state index contributed by atoms with van der Waals surface area (Å²) in [4.78, 5) is 0. The van der Waals surface area contributed by atoms with Crippen molar-refractivity contribution in [2.24, 2.45) is 5.92 Å². The van der Waals surface area contributed by atoms with E-state index >= 15 is 0 Å². The molecule has 1 aromatic carbocycles. The maximum Gasteiger partial charge on any atom is 0.158 e. The normalized spacial score (nSPS) is 27.4. The molecule has 112 valence electrons. The summed E-state index contributed by atoms with van der Waals surface area (Å²) in [6.45, 7) is 4.15. The number of hydrogen-bond acceptors (Lipinski definition) is 3. The molecule has 0 spiro atoms. The van der Waals surface area contributed by atoms with Crippen LogP contribution >= 0.6 is 0 Å². The third-order valence-electron chi connectivity index (χ3n) is 4.34. The molecule has 0 aromatic heterocycles. The molecule has 0 aliphatic heterocycles. The van der Waals surface area contributed by atoms with Crippen molar-refractivity contribution in [1.82, 2.24) is 5.32 Å². The van der Waals surface area contributed by atoms with Crippen molar-refractivity contribution < 1.29 is 8.42 Å². The SMILES string of the molecule is CNC1CCC(C)CC1S(=O)(=O)Cc1cccc(C)c1. The van der Waals surface area contributed by atoms with Gasteiger partial charge in [-0.05, 0) is 44.7 Å². The zero-order valence-electron chi connectivity index (χ0n) is 12.6. The van der Waals surface area contributed by atoms with Gasteiger partial charge in [-0.3, -0.25) is 0 Å². The number of aryl methyl sites for hydroxylation is 1. The molecule has 1 aromatic rings. The van der Waals surface area contributed by atoms with Gasteiger partial charge in [0, 0.05) is 6.04 Å². The Morgan fingerprint density at radius 1 is 1.30 bits per heavy atom. The summed E-state index contributed by atoms with van der Waals surface area (Å²) in [6.07, 6.45) is 2.84. The van der Waals surface area contributed by atoms with Crippen LogP contribution in [-0.2, 0) is 15.6 Å². The van der Waals surface area contributed by atoms with E-state index in [9.17, 15) is 8.42 Å². The van der Waals surface area contributed by atoms with Crippen LogP contribution in [0.2, 0.25) is 0 Å². The third kappa shape index (κ3) is 3.61. The van der Waals surface area contributed by atoms with Crippen LogP contribution in [0.15, 0.2) is 24.3 Å². The van der Waals surface area contributed by atoms with Crippen LogP contribution in [-0.4, -0.2) is 26.8 Å². The average Bonchev–Trinajstić information content (AvgIpc) is 2.38. The fourth-order valence-corrected chi connectivity index (χ4v) is 5.45. The molecular formula is C16H25NO2S. The summed E-state index contributed by atoms with van der Waals surface area (Å²) in [6, 6.07) is 7.90. The number of rotatable bonds is 4. The molecule has 1 aliphatic carbocycles. The Labute approximate surface area is 122 Å². The van der Waals surface area contributed by atoms with Crippen molar-refractivity contribution in [3.63, 3.8) is 0 Å². The van der Waals surface area contributed by atoms with E-state index < -0.39 is 9.84 Å². The van der Waals surface area contributed by atoms with Crippen molar-refractivity contribution in [1.29, 1.82) is 0 Å². The molecule has 3 unspecified atom stereocenters. The van der Waals surface area contributed by atoms with E-state index in [0.29, 0.717) is 5.92 Å². The van der Waals surface area contributed by atoms with E-state index in [4.69, 9.17) is 0 Å². The van der Waals surface area contributed by atoms with Gasteiger partial charge in [-0.25, -0.2) is 8.42 Å². The first-order valence-electron chi connectivity index (χ1n) is 7.36. The highest BCUT2D eigenvalue weighted by molar-refractivity contribution is 7.91. The highest BCUT2D eigenvalue weighted by Crippen LogP contribution is 2.30. The molecule has 1 saturated carbocycles. The summed E-state index contributed by atoms with van der Waals surface area (Å²) in [5, 5.41) is 2.95. The average molecular weight is 295 g/mol.